The van der Waals surface area contributed by atoms with E-state index in [2.05, 4.69) is 9.97 Å². The van der Waals surface area contributed by atoms with Gasteiger partial charge in [-0.25, -0.2) is 9.97 Å². The van der Waals surface area contributed by atoms with Gasteiger partial charge in [-0.2, -0.15) is 0 Å². The number of nitrogens with zero attached hydrogens (tertiary/aromatic N) is 2. The zero-order chi connectivity index (χ0) is 13.0. The molecule has 1 aromatic heterocycles. The number of nitrogen functional groups attached to an aromatic ring is 1. The average Bonchev–Trinajstić information content (AvgIpc) is 2.38. The van der Waals surface area contributed by atoms with Crippen LogP contribution in [0.3, 0.4) is 0 Å². The number of aromatic nitrogens is 2. The lowest BCUT2D eigenvalue weighted by molar-refractivity contribution is 0.417. The van der Waals surface area contributed by atoms with Crippen molar-refractivity contribution in [2.24, 2.45) is 0 Å². The number of benzene rings is 1. The van der Waals surface area contributed by atoms with Crippen molar-refractivity contribution in [1.82, 2.24) is 9.97 Å². The molecule has 0 amide bonds. The Balaban J connectivity index is 2.02. The van der Waals surface area contributed by atoms with E-state index in [0.717, 1.165) is 22.0 Å². The minimum atomic E-state index is 0.653. The number of ether oxygens (including phenoxy) is 1. The maximum atomic E-state index is 5.86. The molecule has 0 aliphatic rings. The van der Waals surface area contributed by atoms with Crippen molar-refractivity contribution < 1.29 is 4.74 Å². The van der Waals surface area contributed by atoms with Gasteiger partial charge in [-0.1, -0.05) is 17.8 Å². The van der Waals surface area contributed by atoms with Gasteiger partial charge in [0.15, 0.2) is 5.16 Å². The number of thioether (sulfide) groups is 1. The third-order valence-corrected chi connectivity index (χ3v) is 3.37. The van der Waals surface area contributed by atoms with Crippen molar-refractivity contribution in [3.8, 4) is 5.75 Å². The van der Waals surface area contributed by atoms with Gasteiger partial charge in [0.1, 0.15) is 5.75 Å². The average molecular weight is 261 g/mol. The van der Waals surface area contributed by atoms with E-state index in [1.54, 1.807) is 18.9 Å². The summed E-state index contributed by atoms with van der Waals surface area (Å²) in [6.45, 7) is 1.97. The van der Waals surface area contributed by atoms with Gasteiger partial charge in [0.2, 0.25) is 0 Å². The van der Waals surface area contributed by atoms with Crippen LogP contribution in [0.15, 0.2) is 35.7 Å². The smallest absolute Gasteiger partial charge is 0.187 e. The van der Waals surface area contributed by atoms with Crippen LogP contribution in [0, 0.1) is 6.92 Å². The molecule has 0 spiro atoms. The van der Waals surface area contributed by atoms with E-state index in [-0.39, 0.29) is 0 Å². The van der Waals surface area contributed by atoms with Gasteiger partial charge in [0.25, 0.3) is 0 Å². The number of hydrogen-bond acceptors (Lipinski definition) is 5. The van der Waals surface area contributed by atoms with Gasteiger partial charge >= 0.3 is 0 Å². The SMILES string of the molecule is COc1ccc(CSc2ncc(C)cn2)cc1N. The Morgan fingerprint density at radius 3 is 2.61 bits per heavy atom. The van der Waals surface area contributed by atoms with Gasteiger partial charge in [-0.3, -0.25) is 0 Å². The van der Waals surface area contributed by atoms with Crippen molar-refractivity contribution in [3.63, 3.8) is 0 Å². The lowest BCUT2D eigenvalue weighted by Crippen LogP contribution is -1.94. The van der Waals surface area contributed by atoms with Crippen LogP contribution in [0.5, 0.6) is 5.75 Å². The largest absolute Gasteiger partial charge is 0.495 e. The minimum Gasteiger partial charge on any atom is -0.495 e. The Kier molecular flexibility index (Phi) is 4.04. The molecule has 0 aliphatic carbocycles. The van der Waals surface area contributed by atoms with Gasteiger partial charge in [-0.15, -0.1) is 0 Å². The van der Waals surface area contributed by atoms with Crippen LogP contribution in [-0.4, -0.2) is 17.1 Å². The number of rotatable bonds is 4. The molecule has 1 aromatic carbocycles. The molecule has 2 aromatic rings. The quantitative estimate of drug-likeness (QED) is 0.521. The van der Waals surface area contributed by atoms with E-state index in [9.17, 15) is 0 Å². The van der Waals surface area contributed by atoms with E-state index in [4.69, 9.17) is 10.5 Å². The predicted molar refractivity (Wildman–Crippen MR) is 73.7 cm³/mol. The Labute approximate surface area is 111 Å². The van der Waals surface area contributed by atoms with Crippen LogP contribution in [0.2, 0.25) is 0 Å². The molecule has 0 aliphatic heterocycles. The summed E-state index contributed by atoms with van der Waals surface area (Å²) in [5, 5.41) is 0.773. The van der Waals surface area contributed by atoms with Crippen molar-refractivity contribution >= 4 is 17.4 Å². The first kappa shape index (κ1) is 12.7. The van der Waals surface area contributed by atoms with Crippen LogP contribution >= 0.6 is 11.8 Å². The fourth-order valence-electron chi connectivity index (χ4n) is 1.48. The summed E-state index contributed by atoms with van der Waals surface area (Å²) in [6, 6.07) is 5.79. The summed E-state index contributed by atoms with van der Waals surface area (Å²) in [5.41, 5.74) is 8.70. The lowest BCUT2D eigenvalue weighted by Gasteiger charge is -2.06. The summed E-state index contributed by atoms with van der Waals surface area (Å²) in [6.07, 6.45) is 3.63. The molecule has 4 nitrogen and oxygen atoms in total. The fraction of sp³-hybridized carbons (Fsp3) is 0.231. The third-order valence-electron chi connectivity index (χ3n) is 2.42. The van der Waals surface area contributed by atoms with Gasteiger partial charge in [0, 0.05) is 18.1 Å². The molecular weight excluding hydrogens is 246 g/mol. The number of methoxy groups -OCH3 is 1. The van der Waals surface area contributed by atoms with Crippen LogP contribution in [0.25, 0.3) is 0 Å². The molecule has 0 radical (unpaired) electrons. The number of hydrogen-bond donors (Lipinski definition) is 1. The van der Waals surface area contributed by atoms with Gasteiger partial charge < -0.3 is 10.5 Å². The van der Waals surface area contributed by atoms with Crippen molar-refractivity contribution in [2.45, 2.75) is 17.8 Å². The monoisotopic (exact) mass is 261 g/mol. The second-order valence-corrected chi connectivity index (χ2v) is 4.85. The van der Waals surface area contributed by atoms with Crippen LogP contribution in [0.4, 0.5) is 5.69 Å². The van der Waals surface area contributed by atoms with Crippen LogP contribution in [-0.2, 0) is 5.75 Å². The maximum Gasteiger partial charge on any atom is 0.187 e. The molecule has 94 valence electrons. The maximum absolute atomic E-state index is 5.86. The van der Waals surface area contributed by atoms with E-state index < -0.39 is 0 Å². The van der Waals surface area contributed by atoms with E-state index in [1.165, 1.54) is 0 Å². The van der Waals surface area contributed by atoms with E-state index >= 15 is 0 Å². The predicted octanol–water partition coefficient (Wildman–Crippen LogP) is 2.67. The topological polar surface area (TPSA) is 61.0 Å². The zero-order valence-electron chi connectivity index (χ0n) is 10.4. The van der Waals surface area contributed by atoms with Crippen molar-refractivity contribution in [2.75, 3.05) is 12.8 Å². The molecule has 0 atom stereocenters. The number of nitrogens with two attached hydrogens (primary N) is 1. The lowest BCUT2D eigenvalue weighted by atomic mass is 10.2. The molecule has 0 bridgehead atoms. The standard InChI is InChI=1S/C13H15N3OS/c1-9-6-15-13(16-7-9)18-8-10-3-4-12(17-2)11(14)5-10/h3-7H,8,14H2,1-2H3. The highest BCUT2D eigenvalue weighted by Gasteiger charge is 2.03. The molecule has 1 heterocycles. The minimum absolute atomic E-state index is 0.653. The summed E-state index contributed by atoms with van der Waals surface area (Å²) in [4.78, 5) is 8.49. The third kappa shape index (κ3) is 3.13. The molecule has 2 rings (SSSR count). The van der Waals surface area contributed by atoms with Gasteiger partial charge in [-0.05, 0) is 30.2 Å². The molecule has 0 saturated heterocycles. The first-order valence-electron chi connectivity index (χ1n) is 5.53. The summed E-state index contributed by atoms with van der Waals surface area (Å²) in [7, 11) is 1.61. The zero-order valence-corrected chi connectivity index (χ0v) is 11.2. The van der Waals surface area contributed by atoms with Crippen LogP contribution in [0.1, 0.15) is 11.1 Å². The molecule has 18 heavy (non-hydrogen) atoms. The molecular formula is C13H15N3OS. The van der Waals surface area contributed by atoms with E-state index in [0.29, 0.717) is 11.4 Å². The summed E-state index contributed by atoms with van der Waals surface area (Å²) >= 11 is 1.59. The van der Waals surface area contributed by atoms with Crippen molar-refractivity contribution in [1.29, 1.82) is 0 Å². The van der Waals surface area contributed by atoms with Crippen molar-refractivity contribution in [3.05, 3.63) is 41.7 Å². The molecule has 0 saturated carbocycles. The highest BCUT2D eigenvalue weighted by Crippen LogP contribution is 2.25. The molecule has 0 fully saturated rings. The number of aryl methyl sites for hydroxylation is 1. The second kappa shape index (κ2) is 5.73. The molecule has 2 N–H and O–H groups in total. The Bertz CT molecular complexity index is 528. The highest BCUT2D eigenvalue weighted by atomic mass is 32.2. The fourth-order valence-corrected chi connectivity index (χ4v) is 2.21. The summed E-state index contributed by atoms with van der Waals surface area (Å²) < 4.78 is 5.12. The molecule has 5 heteroatoms. The molecule has 0 unspecified atom stereocenters. The normalized spacial score (nSPS) is 10.3. The summed E-state index contributed by atoms with van der Waals surface area (Å²) in [5.74, 6) is 1.49. The van der Waals surface area contributed by atoms with E-state index in [1.807, 2.05) is 37.5 Å². The number of anilines is 1. The Hall–Kier alpha value is -1.75. The second-order valence-electron chi connectivity index (χ2n) is 3.91. The first-order chi connectivity index (χ1) is 8.69. The highest BCUT2D eigenvalue weighted by molar-refractivity contribution is 7.98. The van der Waals surface area contributed by atoms with Crippen LogP contribution < -0.4 is 10.5 Å². The Morgan fingerprint density at radius 2 is 2.00 bits per heavy atom. The van der Waals surface area contributed by atoms with Gasteiger partial charge in [0.05, 0.1) is 12.8 Å². The Morgan fingerprint density at radius 1 is 1.28 bits per heavy atom. The first-order valence-corrected chi connectivity index (χ1v) is 6.51.